The highest BCUT2D eigenvalue weighted by molar-refractivity contribution is 5.94. The molecule has 0 unspecified atom stereocenters. The lowest BCUT2D eigenvalue weighted by atomic mass is 10.0. The fraction of sp³-hybridized carbons (Fsp3) is 0.500. The third-order valence-corrected chi connectivity index (χ3v) is 5.80. The summed E-state index contributed by atoms with van der Waals surface area (Å²) in [4.78, 5) is 29.4. The van der Waals surface area contributed by atoms with Crippen LogP contribution in [0.3, 0.4) is 0 Å². The van der Waals surface area contributed by atoms with Gasteiger partial charge in [-0.05, 0) is 70.0 Å². The molecule has 1 aromatic heterocycles. The topological polar surface area (TPSA) is 65.8 Å². The summed E-state index contributed by atoms with van der Waals surface area (Å²) in [5.74, 6) is 0.929. The molecule has 1 aliphatic rings. The Balaban J connectivity index is 1.50. The second-order valence-corrected chi connectivity index (χ2v) is 8.30. The number of amides is 2. The number of likely N-dealkylation sites (tertiary alicyclic amines) is 1. The van der Waals surface area contributed by atoms with Gasteiger partial charge in [0.15, 0.2) is 5.76 Å². The van der Waals surface area contributed by atoms with Crippen LogP contribution in [-0.2, 0) is 6.54 Å². The molecule has 3 rings (SSSR count). The fourth-order valence-corrected chi connectivity index (χ4v) is 3.87. The van der Waals surface area contributed by atoms with Crippen molar-refractivity contribution in [3.8, 4) is 0 Å². The first kappa shape index (κ1) is 22.1. The Bertz CT molecular complexity index is 849. The van der Waals surface area contributed by atoms with Crippen LogP contribution in [0.15, 0.2) is 40.8 Å². The summed E-state index contributed by atoms with van der Waals surface area (Å²) < 4.78 is 5.38. The highest BCUT2D eigenvalue weighted by Crippen LogP contribution is 2.17. The molecule has 2 heterocycles. The van der Waals surface area contributed by atoms with Crippen molar-refractivity contribution in [2.45, 2.75) is 59.2 Å². The van der Waals surface area contributed by atoms with Gasteiger partial charge in [0.1, 0.15) is 5.76 Å². The molecule has 2 amide bonds. The third kappa shape index (κ3) is 5.51. The van der Waals surface area contributed by atoms with Crippen LogP contribution >= 0.6 is 0 Å². The molecule has 6 nitrogen and oxygen atoms in total. The molecule has 1 aromatic carbocycles. The van der Waals surface area contributed by atoms with Gasteiger partial charge in [0.05, 0.1) is 0 Å². The number of piperidine rings is 1. The van der Waals surface area contributed by atoms with Gasteiger partial charge in [-0.15, -0.1) is 0 Å². The molecule has 0 radical (unpaired) electrons. The van der Waals surface area contributed by atoms with E-state index in [1.165, 1.54) is 5.56 Å². The summed E-state index contributed by atoms with van der Waals surface area (Å²) in [5.41, 5.74) is 1.94. The van der Waals surface area contributed by atoms with Gasteiger partial charge in [-0.25, -0.2) is 0 Å². The van der Waals surface area contributed by atoms with E-state index in [4.69, 9.17) is 4.42 Å². The van der Waals surface area contributed by atoms with Crippen molar-refractivity contribution >= 4 is 11.8 Å². The first-order chi connectivity index (χ1) is 14.4. The Kier molecular flexibility index (Phi) is 7.32. The van der Waals surface area contributed by atoms with Crippen molar-refractivity contribution in [3.05, 3.63) is 59.0 Å². The molecular formula is C24H33N3O3. The van der Waals surface area contributed by atoms with Gasteiger partial charge >= 0.3 is 0 Å². The van der Waals surface area contributed by atoms with Gasteiger partial charge in [0.2, 0.25) is 0 Å². The van der Waals surface area contributed by atoms with Crippen molar-refractivity contribution in [1.82, 2.24) is 15.1 Å². The minimum atomic E-state index is -0.189. The predicted molar refractivity (Wildman–Crippen MR) is 117 cm³/mol. The van der Waals surface area contributed by atoms with Gasteiger partial charge in [-0.1, -0.05) is 19.1 Å². The standard InChI is InChI=1S/C24H33N3O3/c1-5-26(17(2)3)16-19-7-9-20(10-8-19)24(29)27-14-12-21(13-15-27)25-23(28)22-11-6-18(4)30-22/h6-11,17,21H,5,12-16H2,1-4H3,(H,25,28). The van der Waals surface area contributed by atoms with Crippen LogP contribution in [-0.4, -0.2) is 53.3 Å². The molecule has 0 bridgehead atoms. The Labute approximate surface area is 179 Å². The van der Waals surface area contributed by atoms with E-state index in [-0.39, 0.29) is 17.9 Å². The first-order valence-corrected chi connectivity index (χ1v) is 10.9. The number of rotatable bonds is 7. The zero-order valence-corrected chi connectivity index (χ0v) is 18.5. The second kappa shape index (κ2) is 9.94. The minimum Gasteiger partial charge on any atom is -0.456 e. The van der Waals surface area contributed by atoms with Crippen LogP contribution in [0.25, 0.3) is 0 Å². The Hall–Kier alpha value is -2.60. The molecule has 30 heavy (non-hydrogen) atoms. The van der Waals surface area contributed by atoms with E-state index in [0.717, 1.165) is 37.3 Å². The maximum absolute atomic E-state index is 12.9. The van der Waals surface area contributed by atoms with E-state index in [1.807, 2.05) is 24.0 Å². The summed E-state index contributed by atoms with van der Waals surface area (Å²) in [5, 5.41) is 3.01. The molecule has 0 spiro atoms. The number of aryl methyl sites for hydroxylation is 1. The van der Waals surface area contributed by atoms with Crippen molar-refractivity contribution < 1.29 is 14.0 Å². The molecule has 0 saturated carbocycles. The largest absolute Gasteiger partial charge is 0.456 e. The summed E-state index contributed by atoms with van der Waals surface area (Å²) in [6.07, 6.45) is 1.49. The summed E-state index contributed by atoms with van der Waals surface area (Å²) in [7, 11) is 0. The Morgan fingerprint density at radius 1 is 1.13 bits per heavy atom. The van der Waals surface area contributed by atoms with Gasteiger partial charge in [0, 0.05) is 37.3 Å². The number of nitrogens with one attached hydrogen (secondary N) is 1. The number of carbonyl (C=O) groups excluding carboxylic acids is 2. The summed E-state index contributed by atoms with van der Waals surface area (Å²) >= 11 is 0. The molecule has 1 N–H and O–H groups in total. The predicted octanol–water partition coefficient (Wildman–Crippen LogP) is 3.85. The molecule has 1 aliphatic heterocycles. The van der Waals surface area contributed by atoms with Gasteiger partial charge < -0.3 is 14.6 Å². The molecule has 1 saturated heterocycles. The van der Waals surface area contributed by atoms with Gasteiger partial charge in [-0.2, -0.15) is 0 Å². The fourth-order valence-electron chi connectivity index (χ4n) is 3.87. The van der Waals surface area contributed by atoms with E-state index in [1.54, 1.807) is 12.1 Å². The van der Waals surface area contributed by atoms with Crippen LogP contribution in [0.2, 0.25) is 0 Å². The zero-order chi connectivity index (χ0) is 21.7. The third-order valence-electron chi connectivity index (χ3n) is 5.80. The smallest absolute Gasteiger partial charge is 0.287 e. The van der Waals surface area contributed by atoms with Crippen molar-refractivity contribution in [2.24, 2.45) is 0 Å². The van der Waals surface area contributed by atoms with E-state index in [2.05, 4.69) is 43.1 Å². The molecule has 0 atom stereocenters. The zero-order valence-electron chi connectivity index (χ0n) is 18.5. The quantitative estimate of drug-likeness (QED) is 0.752. The Morgan fingerprint density at radius 3 is 2.33 bits per heavy atom. The number of carbonyl (C=O) groups is 2. The SMILES string of the molecule is CCN(Cc1ccc(C(=O)N2CCC(NC(=O)c3ccc(C)o3)CC2)cc1)C(C)C. The molecule has 1 fully saturated rings. The number of benzene rings is 1. The normalized spacial score (nSPS) is 15.1. The van der Waals surface area contributed by atoms with Gasteiger partial charge in [-0.3, -0.25) is 14.5 Å². The van der Waals surface area contributed by atoms with Gasteiger partial charge in [0.25, 0.3) is 11.8 Å². The lowest BCUT2D eigenvalue weighted by Gasteiger charge is -2.32. The average molecular weight is 412 g/mol. The van der Waals surface area contributed by atoms with E-state index >= 15 is 0 Å². The average Bonchev–Trinajstić information content (AvgIpc) is 3.19. The van der Waals surface area contributed by atoms with Crippen molar-refractivity contribution in [1.29, 1.82) is 0 Å². The van der Waals surface area contributed by atoms with Crippen LogP contribution < -0.4 is 5.32 Å². The first-order valence-electron chi connectivity index (χ1n) is 10.9. The molecular weight excluding hydrogens is 378 g/mol. The van der Waals surface area contributed by atoms with Crippen LogP contribution in [0.5, 0.6) is 0 Å². The van der Waals surface area contributed by atoms with Crippen LogP contribution in [0.1, 0.15) is 65.8 Å². The second-order valence-electron chi connectivity index (χ2n) is 8.30. The van der Waals surface area contributed by atoms with Crippen molar-refractivity contribution in [2.75, 3.05) is 19.6 Å². The molecule has 0 aliphatic carbocycles. The van der Waals surface area contributed by atoms with E-state index in [9.17, 15) is 9.59 Å². The lowest BCUT2D eigenvalue weighted by Crippen LogP contribution is -2.46. The lowest BCUT2D eigenvalue weighted by molar-refractivity contribution is 0.0695. The molecule has 162 valence electrons. The molecule has 2 aromatic rings. The maximum Gasteiger partial charge on any atom is 0.287 e. The van der Waals surface area contributed by atoms with E-state index in [0.29, 0.717) is 24.9 Å². The maximum atomic E-state index is 12.9. The van der Waals surface area contributed by atoms with Crippen molar-refractivity contribution in [3.63, 3.8) is 0 Å². The van der Waals surface area contributed by atoms with E-state index < -0.39 is 0 Å². The number of nitrogens with zero attached hydrogens (tertiary/aromatic N) is 2. The minimum absolute atomic E-state index is 0.0594. The molecule has 6 heteroatoms. The number of hydrogen-bond donors (Lipinski definition) is 1. The summed E-state index contributed by atoms with van der Waals surface area (Å²) in [6, 6.07) is 12.0. The highest BCUT2D eigenvalue weighted by atomic mass is 16.3. The Morgan fingerprint density at radius 2 is 1.80 bits per heavy atom. The van der Waals surface area contributed by atoms with Crippen LogP contribution in [0.4, 0.5) is 0 Å². The summed E-state index contributed by atoms with van der Waals surface area (Å²) in [6.45, 7) is 11.6. The number of furan rings is 1. The monoisotopic (exact) mass is 411 g/mol. The van der Waals surface area contributed by atoms with Crippen LogP contribution in [0, 0.1) is 6.92 Å². The highest BCUT2D eigenvalue weighted by Gasteiger charge is 2.25. The number of hydrogen-bond acceptors (Lipinski definition) is 4.